The van der Waals surface area contributed by atoms with Crippen molar-refractivity contribution in [3.63, 3.8) is 0 Å². The molecule has 1 amide bonds. The highest BCUT2D eigenvalue weighted by molar-refractivity contribution is 7.10. The number of nitrogens with one attached hydrogen (secondary N) is 1. The Balaban J connectivity index is 1.75. The molecule has 1 aliphatic rings. The molecule has 1 fully saturated rings. The molecule has 2 N–H and O–H groups in total. The van der Waals surface area contributed by atoms with Crippen molar-refractivity contribution in [1.82, 2.24) is 5.32 Å². The van der Waals surface area contributed by atoms with Gasteiger partial charge in [0, 0.05) is 28.7 Å². The van der Waals surface area contributed by atoms with Gasteiger partial charge in [0.05, 0.1) is 13.2 Å². The van der Waals surface area contributed by atoms with Crippen LogP contribution in [0.5, 0.6) is 0 Å². The van der Waals surface area contributed by atoms with E-state index in [1.165, 1.54) is 12.8 Å². The highest BCUT2D eigenvalue weighted by Gasteiger charge is 2.24. The molecular formula is C14H17NO2S. The van der Waals surface area contributed by atoms with Gasteiger partial charge >= 0.3 is 0 Å². The molecule has 1 heterocycles. The molecule has 0 saturated heterocycles. The maximum atomic E-state index is 11.5. The van der Waals surface area contributed by atoms with Crippen LogP contribution in [-0.2, 0) is 11.3 Å². The molecule has 0 unspecified atom stereocenters. The largest absolute Gasteiger partial charge is 0.395 e. The number of hydrogen-bond acceptors (Lipinski definition) is 3. The second kappa shape index (κ2) is 6.58. The van der Waals surface area contributed by atoms with Gasteiger partial charge in [0.2, 0.25) is 5.91 Å². The number of amides is 1. The predicted octanol–water partition coefficient (Wildman–Crippen LogP) is 1.90. The zero-order chi connectivity index (χ0) is 12.8. The summed E-state index contributed by atoms with van der Waals surface area (Å²) in [4.78, 5) is 12.6. The number of aliphatic hydroxyl groups is 1. The van der Waals surface area contributed by atoms with E-state index in [2.05, 4.69) is 17.2 Å². The normalized spacial score (nSPS) is 13.8. The van der Waals surface area contributed by atoms with Crippen molar-refractivity contribution < 1.29 is 9.90 Å². The van der Waals surface area contributed by atoms with E-state index < -0.39 is 0 Å². The van der Waals surface area contributed by atoms with Gasteiger partial charge in [0.25, 0.3) is 0 Å². The lowest BCUT2D eigenvalue weighted by molar-refractivity contribution is -0.121. The van der Waals surface area contributed by atoms with Crippen LogP contribution >= 0.6 is 11.3 Å². The monoisotopic (exact) mass is 263 g/mol. The van der Waals surface area contributed by atoms with Gasteiger partial charge in [-0.05, 0) is 24.8 Å². The van der Waals surface area contributed by atoms with E-state index in [0.717, 1.165) is 10.4 Å². The summed E-state index contributed by atoms with van der Waals surface area (Å²) in [5, 5.41) is 13.5. The Kier molecular flexibility index (Phi) is 4.80. The maximum absolute atomic E-state index is 11.5. The Morgan fingerprint density at radius 3 is 3.11 bits per heavy atom. The minimum atomic E-state index is 0.0984. The van der Waals surface area contributed by atoms with Gasteiger partial charge in [0.15, 0.2) is 0 Å². The fourth-order valence-corrected chi connectivity index (χ4v) is 2.36. The molecule has 96 valence electrons. The van der Waals surface area contributed by atoms with E-state index in [1.807, 2.05) is 11.4 Å². The first-order valence-corrected chi connectivity index (χ1v) is 7.09. The summed E-state index contributed by atoms with van der Waals surface area (Å²) in [7, 11) is 0. The Hall–Kier alpha value is -1.31. The van der Waals surface area contributed by atoms with E-state index >= 15 is 0 Å². The molecule has 0 aromatic carbocycles. The van der Waals surface area contributed by atoms with Crippen molar-refractivity contribution in [3.8, 4) is 11.8 Å². The van der Waals surface area contributed by atoms with Crippen LogP contribution < -0.4 is 5.32 Å². The molecule has 1 aromatic rings. The third-order valence-electron chi connectivity index (χ3n) is 2.75. The summed E-state index contributed by atoms with van der Waals surface area (Å²) in [6, 6.07) is 1.99. The zero-order valence-electron chi connectivity index (χ0n) is 10.2. The van der Waals surface area contributed by atoms with Gasteiger partial charge in [-0.3, -0.25) is 4.79 Å². The van der Waals surface area contributed by atoms with Crippen LogP contribution in [0.4, 0.5) is 0 Å². The second-order valence-corrected chi connectivity index (χ2v) is 5.50. The van der Waals surface area contributed by atoms with E-state index in [-0.39, 0.29) is 12.5 Å². The highest BCUT2D eigenvalue weighted by Crippen LogP contribution is 2.32. The van der Waals surface area contributed by atoms with E-state index in [4.69, 9.17) is 5.11 Å². The predicted molar refractivity (Wildman–Crippen MR) is 72.1 cm³/mol. The molecule has 3 nitrogen and oxygen atoms in total. The number of hydrogen-bond donors (Lipinski definition) is 2. The summed E-state index contributed by atoms with van der Waals surface area (Å²) < 4.78 is 0. The molecule has 0 atom stereocenters. The zero-order valence-corrected chi connectivity index (χ0v) is 11.1. The smallest absolute Gasteiger partial charge is 0.220 e. The average molecular weight is 263 g/mol. The minimum Gasteiger partial charge on any atom is -0.395 e. The van der Waals surface area contributed by atoms with Crippen molar-refractivity contribution in [3.05, 3.63) is 21.9 Å². The van der Waals surface area contributed by atoms with E-state index in [0.29, 0.717) is 25.3 Å². The van der Waals surface area contributed by atoms with Gasteiger partial charge in [0.1, 0.15) is 0 Å². The Bertz CT molecular complexity index is 466. The number of rotatable bonds is 5. The molecular weight excluding hydrogens is 246 g/mol. The lowest BCUT2D eigenvalue weighted by Crippen LogP contribution is -2.22. The van der Waals surface area contributed by atoms with Crippen molar-refractivity contribution in [2.45, 2.75) is 32.2 Å². The summed E-state index contributed by atoms with van der Waals surface area (Å²) in [5.74, 6) is 6.65. The van der Waals surface area contributed by atoms with Crippen LogP contribution in [0.25, 0.3) is 0 Å². The molecule has 1 aromatic heterocycles. The molecule has 1 aliphatic carbocycles. The van der Waals surface area contributed by atoms with Crippen molar-refractivity contribution in [2.75, 3.05) is 6.61 Å². The number of carbonyl (C=O) groups excluding carboxylic acids is 1. The summed E-state index contributed by atoms with van der Waals surface area (Å²) in [6.07, 6.45) is 3.59. The van der Waals surface area contributed by atoms with E-state index in [9.17, 15) is 4.79 Å². The third kappa shape index (κ3) is 4.52. The first kappa shape index (κ1) is 13.1. The minimum absolute atomic E-state index is 0.0984. The summed E-state index contributed by atoms with van der Waals surface area (Å²) >= 11 is 1.60. The van der Waals surface area contributed by atoms with Crippen LogP contribution in [0.1, 0.15) is 36.1 Å². The van der Waals surface area contributed by atoms with Crippen LogP contribution in [0.2, 0.25) is 0 Å². The fourth-order valence-electron chi connectivity index (χ4n) is 1.60. The van der Waals surface area contributed by atoms with Gasteiger partial charge in [-0.25, -0.2) is 0 Å². The van der Waals surface area contributed by atoms with Crippen molar-refractivity contribution >= 4 is 17.2 Å². The first-order valence-electron chi connectivity index (χ1n) is 6.22. The average Bonchev–Trinajstić information content (AvgIpc) is 3.05. The fraction of sp³-hybridized carbons (Fsp3) is 0.500. The molecule has 0 spiro atoms. The molecule has 1 saturated carbocycles. The first-order chi connectivity index (χ1) is 8.78. The number of carbonyl (C=O) groups is 1. The lowest BCUT2D eigenvalue weighted by Gasteiger charge is -2.01. The molecule has 0 aliphatic heterocycles. The molecule has 4 heteroatoms. The van der Waals surface area contributed by atoms with Gasteiger partial charge < -0.3 is 10.4 Å². The Labute approximate surface area is 111 Å². The van der Waals surface area contributed by atoms with Gasteiger partial charge in [-0.1, -0.05) is 11.8 Å². The molecule has 18 heavy (non-hydrogen) atoms. The topological polar surface area (TPSA) is 49.3 Å². The van der Waals surface area contributed by atoms with Crippen LogP contribution in [0.15, 0.2) is 11.4 Å². The SMILES string of the molecule is O=C(CC1CC1)NCc1cc(C#CCCO)cs1. The molecule has 0 bridgehead atoms. The van der Waals surface area contributed by atoms with Crippen molar-refractivity contribution in [2.24, 2.45) is 5.92 Å². The Morgan fingerprint density at radius 2 is 2.39 bits per heavy atom. The van der Waals surface area contributed by atoms with Crippen LogP contribution in [0.3, 0.4) is 0 Å². The number of thiophene rings is 1. The quantitative estimate of drug-likeness (QED) is 0.797. The third-order valence-corrected chi connectivity index (χ3v) is 3.69. The highest BCUT2D eigenvalue weighted by atomic mass is 32.1. The maximum Gasteiger partial charge on any atom is 0.220 e. The van der Waals surface area contributed by atoms with Crippen LogP contribution in [0, 0.1) is 17.8 Å². The summed E-state index contributed by atoms with van der Waals surface area (Å²) in [5.41, 5.74) is 0.958. The van der Waals surface area contributed by atoms with Crippen molar-refractivity contribution in [1.29, 1.82) is 0 Å². The summed E-state index contributed by atoms with van der Waals surface area (Å²) in [6.45, 7) is 0.694. The molecule has 0 radical (unpaired) electrons. The standard InChI is InChI=1S/C14H17NO2S/c16-6-2-1-3-12-7-13(18-10-12)9-15-14(17)8-11-4-5-11/h7,10-11,16H,2,4-6,8-9H2,(H,15,17). The van der Waals surface area contributed by atoms with Crippen LogP contribution in [-0.4, -0.2) is 17.6 Å². The lowest BCUT2D eigenvalue weighted by atomic mass is 10.2. The van der Waals surface area contributed by atoms with E-state index in [1.54, 1.807) is 11.3 Å². The van der Waals surface area contributed by atoms with Gasteiger partial charge in [-0.2, -0.15) is 0 Å². The number of aliphatic hydroxyl groups excluding tert-OH is 1. The Morgan fingerprint density at radius 1 is 1.56 bits per heavy atom. The second-order valence-electron chi connectivity index (χ2n) is 4.50. The van der Waals surface area contributed by atoms with Gasteiger partial charge in [-0.15, -0.1) is 11.3 Å². The molecule has 2 rings (SSSR count).